The van der Waals surface area contributed by atoms with Crippen LogP contribution in [0.5, 0.6) is 0 Å². The Morgan fingerprint density at radius 1 is 1.45 bits per heavy atom. The summed E-state index contributed by atoms with van der Waals surface area (Å²) < 4.78 is 1.19. The predicted octanol–water partition coefficient (Wildman–Crippen LogP) is 3.11. The molecule has 1 fully saturated rings. The Labute approximate surface area is 177 Å². The summed E-state index contributed by atoms with van der Waals surface area (Å²) in [5.41, 5.74) is 0.387. The number of halogens is 1. The van der Waals surface area contributed by atoms with Gasteiger partial charge in [0, 0.05) is 12.5 Å². The first-order valence-electron chi connectivity index (χ1n) is 9.96. The van der Waals surface area contributed by atoms with E-state index in [0.29, 0.717) is 23.4 Å². The third-order valence-electron chi connectivity index (χ3n) is 6.73. The molecule has 4 atom stereocenters. The second-order valence-electron chi connectivity index (χ2n) is 8.49. The van der Waals surface area contributed by atoms with Crippen molar-refractivity contribution in [2.24, 2.45) is 28.3 Å². The van der Waals surface area contributed by atoms with Gasteiger partial charge in [0.15, 0.2) is 0 Å². The number of nitrogens with zero attached hydrogens (tertiary/aromatic N) is 3. The Hall–Kier alpha value is -2.09. The van der Waals surface area contributed by atoms with Gasteiger partial charge in [-0.3, -0.25) is 9.59 Å². The average Bonchev–Trinajstić information content (AvgIpc) is 2.68. The smallest absolute Gasteiger partial charge is 0.287 e. The summed E-state index contributed by atoms with van der Waals surface area (Å²) in [5.74, 6) is 1.19. The Balaban J connectivity index is 2.07. The van der Waals surface area contributed by atoms with Gasteiger partial charge in [0.1, 0.15) is 18.5 Å². The van der Waals surface area contributed by atoms with Crippen molar-refractivity contribution in [1.29, 1.82) is 0 Å². The molecule has 1 aliphatic carbocycles. The Bertz CT molecular complexity index is 808. The van der Waals surface area contributed by atoms with Gasteiger partial charge in [-0.25, -0.2) is 4.68 Å². The third kappa shape index (κ3) is 5.29. The van der Waals surface area contributed by atoms with Gasteiger partial charge < -0.3 is 15.5 Å². The van der Waals surface area contributed by atoms with E-state index >= 15 is 0 Å². The first kappa shape index (κ1) is 23.2. The number of aryl methyl sites for hydroxylation is 1. The van der Waals surface area contributed by atoms with Gasteiger partial charge in [0.2, 0.25) is 5.91 Å². The minimum absolute atomic E-state index is 0.0650. The summed E-state index contributed by atoms with van der Waals surface area (Å²) in [6.45, 7) is 11.6. The number of nitrogens with one attached hydrogen (secondary N) is 2. The molecule has 1 aromatic heterocycles. The van der Waals surface area contributed by atoms with Crippen molar-refractivity contribution in [2.75, 3.05) is 12.4 Å². The highest BCUT2D eigenvalue weighted by Crippen LogP contribution is 2.48. The largest absolute Gasteiger partial charge is 0.398 e. The number of carbonyl (C=O) groups is 1. The summed E-state index contributed by atoms with van der Waals surface area (Å²) in [6, 6.07) is 0.216. The second-order valence-corrected chi connectivity index (χ2v) is 8.87. The minimum atomic E-state index is -0.417. The van der Waals surface area contributed by atoms with Crippen LogP contribution in [-0.2, 0) is 16.2 Å². The number of oxime groups is 1. The zero-order valence-electron chi connectivity index (χ0n) is 18.0. The van der Waals surface area contributed by atoms with Gasteiger partial charge in [-0.1, -0.05) is 51.4 Å². The Morgan fingerprint density at radius 2 is 2.14 bits per heavy atom. The molecule has 8 nitrogen and oxygen atoms in total. The van der Waals surface area contributed by atoms with E-state index in [1.165, 1.54) is 11.8 Å². The number of amides is 1. The van der Waals surface area contributed by atoms with Crippen LogP contribution in [0, 0.1) is 23.2 Å². The molecule has 29 heavy (non-hydrogen) atoms. The van der Waals surface area contributed by atoms with E-state index in [1.807, 2.05) is 0 Å². The summed E-state index contributed by atoms with van der Waals surface area (Å²) in [7, 11) is 1.37. The van der Waals surface area contributed by atoms with Crippen LogP contribution in [0.1, 0.15) is 47.5 Å². The zero-order chi connectivity index (χ0) is 21.8. The normalized spacial score (nSPS) is 26.3. The van der Waals surface area contributed by atoms with Crippen LogP contribution in [0.25, 0.3) is 0 Å². The van der Waals surface area contributed by atoms with E-state index in [-0.39, 0.29) is 35.4 Å². The first-order chi connectivity index (χ1) is 13.6. The van der Waals surface area contributed by atoms with Crippen LogP contribution in [0.15, 0.2) is 16.1 Å². The van der Waals surface area contributed by atoms with E-state index in [1.54, 1.807) is 6.20 Å². The van der Waals surface area contributed by atoms with E-state index in [2.05, 4.69) is 60.3 Å². The fourth-order valence-electron chi connectivity index (χ4n) is 3.92. The van der Waals surface area contributed by atoms with Gasteiger partial charge >= 0.3 is 0 Å². The van der Waals surface area contributed by atoms with Crippen molar-refractivity contribution >= 4 is 29.5 Å². The molecule has 1 aliphatic rings. The summed E-state index contributed by atoms with van der Waals surface area (Å²) in [5, 5.41) is 13.6. The molecule has 0 unspecified atom stereocenters. The molecule has 0 spiro atoms. The topological polar surface area (TPSA) is 97.6 Å². The molecule has 0 saturated heterocycles. The maximum atomic E-state index is 12.6. The van der Waals surface area contributed by atoms with E-state index in [4.69, 9.17) is 11.6 Å². The number of anilines is 1. The van der Waals surface area contributed by atoms with Crippen LogP contribution >= 0.6 is 11.6 Å². The lowest BCUT2D eigenvalue weighted by atomic mass is 9.58. The van der Waals surface area contributed by atoms with Crippen molar-refractivity contribution in [1.82, 2.24) is 15.1 Å². The summed E-state index contributed by atoms with van der Waals surface area (Å²) in [6.07, 6.45) is 3.78. The molecule has 0 aromatic carbocycles. The molecular weight excluding hydrogens is 394 g/mol. The van der Waals surface area contributed by atoms with Crippen LogP contribution in [0.2, 0.25) is 5.02 Å². The zero-order valence-corrected chi connectivity index (χ0v) is 18.8. The SMILES string of the molecule is CO/N=C\NC(=O)CCn1ncc(N[C@@H]2C[C@H](C)C(C)(C)[C@H](C)[C@H]2C)c(Cl)c1=O. The Kier molecular flexibility index (Phi) is 7.68. The lowest BCUT2D eigenvalue weighted by molar-refractivity contribution is -0.119. The van der Waals surface area contributed by atoms with Crippen LogP contribution in [0.4, 0.5) is 5.69 Å². The maximum absolute atomic E-state index is 12.6. The number of rotatable bonds is 7. The monoisotopic (exact) mass is 425 g/mol. The molecule has 1 saturated carbocycles. The van der Waals surface area contributed by atoms with Crippen LogP contribution in [0.3, 0.4) is 0 Å². The number of carbonyl (C=O) groups excluding carboxylic acids is 1. The number of hydrogen-bond acceptors (Lipinski definition) is 6. The fourth-order valence-corrected chi connectivity index (χ4v) is 4.12. The van der Waals surface area contributed by atoms with Gasteiger partial charge in [0.25, 0.3) is 5.56 Å². The van der Waals surface area contributed by atoms with E-state index in [0.717, 1.165) is 12.8 Å². The number of hydrogen-bond donors (Lipinski definition) is 2. The molecule has 1 amide bonds. The van der Waals surface area contributed by atoms with Crippen molar-refractivity contribution in [3.63, 3.8) is 0 Å². The number of aromatic nitrogens is 2. The van der Waals surface area contributed by atoms with E-state index < -0.39 is 5.56 Å². The quantitative estimate of drug-likeness (QED) is 0.397. The maximum Gasteiger partial charge on any atom is 0.287 e. The van der Waals surface area contributed by atoms with E-state index in [9.17, 15) is 9.59 Å². The summed E-state index contributed by atoms with van der Waals surface area (Å²) in [4.78, 5) is 28.7. The summed E-state index contributed by atoms with van der Waals surface area (Å²) >= 11 is 6.34. The average molecular weight is 426 g/mol. The van der Waals surface area contributed by atoms with Gasteiger partial charge in [-0.05, 0) is 29.6 Å². The molecule has 9 heteroatoms. The second kappa shape index (κ2) is 9.61. The van der Waals surface area contributed by atoms with Crippen molar-refractivity contribution in [3.05, 3.63) is 21.6 Å². The molecule has 1 aromatic rings. The van der Waals surface area contributed by atoms with Gasteiger partial charge in [-0.2, -0.15) is 5.10 Å². The fraction of sp³-hybridized carbons (Fsp3) is 0.700. The van der Waals surface area contributed by atoms with Gasteiger partial charge in [-0.15, -0.1) is 0 Å². The van der Waals surface area contributed by atoms with Crippen molar-refractivity contribution in [3.8, 4) is 0 Å². The molecule has 162 valence electrons. The Morgan fingerprint density at radius 3 is 2.79 bits per heavy atom. The predicted molar refractivity (Wildman–Crippen MR) is 115 cm³/mol. The third-order valence-corrected chi connectivity index (χ3v) is 7.10. The lowest BCUT2D eigenvalue weighted by Gasteiger charge is -2.50. The lowest BCUT2D eigenvalue weighted by Crippen LogP contribution is -2.48. The highest BCUT2D eigenvalue weighted by molar-refractivity contribution is 6.32. The van der Waals surface area contributed by atoms with Crippen LogP contribution in [-0.4, -0.2) is 35.2 Å². The molecule has 0 radical (unpaired) electrons. The molecule has 2 N–H and O–H groups in total. The molecule has 0 bridgehead atoms. The van der Waals surface area contributed by atoms with Crippen LogP contribution < -0.4 is 16.2 Å². The van der Waals surface area contributed by atoms with Crippen molar-refractivity contribution in [2.45, 2.75) is 60.0 Å². The highest BCUT2D eigenvalue weighted by atomic mass is 35.5. The molecule has 0 aliphatic heterocycles. The molecular formula is C20H32ClN5O3. The van der Waals surface area contributed by atoms with Gasteiger partial charge in [0.05, 0.1) is 18.4 Å². The first-order valence-corrected chi connectivity index (χ1v) is 10.3. The highest BCUT2D eigenvalue weighted by Gasteiger charge is 2.43. The standard InChI is InChI=1S/C20H32ClN5O3/c1-12-9-15(13(2)14(3)20(12,4)5)25-16-10-23-26(19(28)18(16)21)8-7-17(27)22-11-24-29-6/h10-15,25H,7-9H2,1-6H3,(H,22,24,27)/t12-,13+,14+,15+/m0/s1. The molecule has 2 rings (SSSR count). The van der Waals surface area contributed by atoms with Crippen molar-refractivity contribution < 1.29 is 9.63 Å². The minimum Gasteiger partial charge on any atom is -0.398 e. The molecule has 1 heterocycles.